The van der Waals surface area contributed by atoms with E-state index in [1.807, 2.05) is 24.3 Å². The Morgan fingerprint density at radius 2 is 2.00 bits per heavy atom. The number of benzene rings is 1. The number of rotatable bonds is 3. The summed E-state index contributed by atoms with van der Waals surface area (Å²) in [5.74, 6) is 0. The first-order valence-corrected chi connectivity index (χ1v) is 7.96. The van der Waals surface area contributed by atoms with Crippen molar-refractivity contribution in [3.05, 3.63) is 39.7 Å². The van der Waals surface area contributed by atoms with Crippen LogP contribution in [-0.4, -0.2) is 31.9 Å². The topological polar surface area (TPSA) is 63.4 Å². The average molecular weight is 331 g/mol. The minimum absolute atomic E-state index is 0.0409. The molecule has 1 aliphatic heterocycles. The van der Waals surface area contributed by atoms with Gasteiger partial charge >= 0.3 is 0 Å². The van der Waals surface area contributed by atoms with E-state index in [2.05, 4.69) is 15.9 Å². The Labute approximate surface area is 116 Å². The lowest BCUT2D eigenvalue weighted by Gasteiger charge is -2.12. The summed E-state index contributed by atoms with van der Waals surface area (Å²) in [4.78, 5) is 0. The fourth-order valence-electron chi connectivity index (χ4n) is 1.81. The van der Waals surface area contributed by atoms with E-state index in [0.717, 1.165) is 16.5 Å². The van der Waals surface area contributed by atoms with Crippen LogP contribution in [0.15, 0.2) is 34.1 Å². The standard InChI is InChI=1S/C12H15BrN2O2S/c13-11-3-1-10(2-4-11)6-8-18(16,17)15-7-5-12(14)9-15/h1-4,6,8,12H,5,7,9,14H2/b8-6+. The van der Waals surface area contributed by atoms with E-state index in [-0.39, 0.29) is 6.04 Å². The Morgan fingerprint density at radius 1 is 1.33 bits per heavy atom. The van der Waals surface area contributed by atoms with Gasteiger partial charge in [0.1, 0.15) is 0 Å². The maximum atomic E-state index is 12.0. The minimum Gasteiger partial charge on any atom is -0.326 e. The number of hydrogen-bond donors (Lipinski definition) is 1. The van der Waals surface area contributed by atoms with Crippen molar-refractivity contribution in [3.63, 3.8) is 0 Å². The molecule has 2 N–H and O–H groups in total. The van der Waals surface area contributed by atoms with Crippen molar-refractivity contribution in [2.45, 2.75) is 12.5 Å². The van der Waals surface area contributed by atoms with E-state index in [9.17, 15) is 8.42 Å². The van der Waals surface area contributed by atoms with Gasteiger partial charge in [-0.1, -0.05) is 28.1 Å². The number of hydrogen-bond acceptors (Lipinski definition) is 3. The van der Waals surface area contributed by atoms with Crippen molar-refractivity contribution in [1.82, 2.24) is 4.31 Å². The van der Waals surface area contributed by atoms with Gasteiger partial charge in [0.15, 0.2) is 0 Å². The van der Waals surface area contributed by atoms with E-state index in [4.69, 9.17) is 5.73 Å². The fourth-order valence-corrected chi connectivity index (χ4v) is 3.33. The van der Waals surface area contributed by atoms with Crippen LogP contribution in [0.2, 0.25) is 0 Å². The molecule has 0 aromatic heterocycles. The van der Waals surface area contributed by atoms with E-state index < -0.39 is 10.0 Å². The van der Waals surface area contributed by atoms with E-state index in [1.165, 1.54) is 9.71 Å². The van der Waals surface area contributed by atoms with Gasteiger partial charge in [-0.25, -0.2) is 8.42 Å². The molecule has 1 aliphatic rings. The summed E-state index contributed by atoms with van der Waals surface area (Å²) < 4.78 is 26.4. The molecule has 0 saturated carbocycles. The first kappa shape index (κ1) is 13.7. The Hall–Kier alpha value is -0.690. The third-order valence-electron chi connectivity index (χ3n) is 2.85. The normalized spacial score (nSPS) is 21.8. The molecule has 18 heavy (non-hydrogen) atoms. The third kappa shape index (κ3) is 3.41. The second kappa shape index (κ2) is 5.52. The van der Waals surface area contributed by atoms with Crippen LogP contribution in [-0.2, 0) is 10.0 Å². The molecule has 6 heteroatoms. The number of nitrogens with two attached hydrogens (primary N) is 1. The quantitative estimate of drug-likeness (QED) is 0.918. The first-order valence-electron chi connectivity index (χ1n) is 5.67. The Morgan fingerprint density at radius 3 is 2.56 bits per heavy atom. The lowest BCUT2D eigenvalue weighted by atomic mass is 10.2. The molecule has 0 amide bonds. The number of nitrogens with zero attached hydrogens (tertiary/aromatic N) is 1. The molecule has 0 radical (unpaired) electrons. The van der Waals surface area contributed by atoms with Crippen molar-refractivity contribution in [3.8, 4) is 0 Å². The van der Waals surface area contributed by atoms with E-state index >= 15 is 0 Å². The van der Waals surface area contributed by atoms with Gasteiger partial charge in [-0.15, -0.1) is 0 Å². The van der Waals surface area contributed by atoms with E-state index in [1.54, 1.807) is 6.08 Å². The Bertz CT molecular complexity index is 540. The molecular formula is C12H15BrN2O2S. The second-order valence-electron chi connectivity index (χ2n) is 4.31. The Kier molecular flexibility index (Phi) is 4.21. The summed E-state index contributed by atoms with van der Waals surface area (Å²) in [5, 5.41) is 1.24. The van der Waals surface area contributed by atoms with Gasteiger partial charge < -0.3 is 5.73 Å². The molecule has 1 aromatic rings. The molecule has 1 aromatic carbocycles. The summed E-state index contributed by atoms with van der Waals surface area (Å²) in [6, 6.07) is 7.41. The molecule has 1 fully saturated rings. The smallest absolute Gasteiger partial charge is 0.236 e. The fraction of sp³-hybridized carbons (Fsp3) is 0.333. The highest BCUT2D eigenvalue weighted by Crippen LogP contribution is 2.16. The van der Waals surface area contributed by atoms with Crippen molar-refractivity contribution in [2.75, 3.05) is 13.1 Å². The van der Waals surface area contributed by atoms with Crippen LogP contribution in [0.25, 0.3) is 6.08 Å². The van der Waals surface area contributed by atoms with Crippen LogP contribution in [0.4, 0.5) is 0 Å². The summed E-state index contributed by atoms with van der Waals surface area (Å²) in [6.07, 6.45) is 2.33. The second-order valence-corrected chi connectivity index (χ2v) is 7.04. The molecule has 0 aliphatic carbocycles. The molecule has 4 nitrogen and oxygen atoms in total. The van der Waals surface area contributed by atoms with E-state index in [0.29, 0.717) is 13.1 Å². The SMILES string of the molecule is NC1CCN(S(=O)(=O)/C=C/c2ccc(Br)cc2)C1. The maximum Gasteiger partial charge on any atom is 0.236 e. The minimum atomic E-state index is -3.34. The monoisotopic (exact) mass is 330 g/mol. The van der Waals surface area contributed by atoms with Gasteiger partial charge in [-0.2, -0.15) is 4.31 Å². The van der Waals surface area contributed by atoms with Crippen LogP contribution in [0.3, 0.4) is 0 Å². The number of sulfonamides is 1. The van der Waals surface area contributed by atoms with Crippen molar-refractivity contribution >= 4 is 32.0 Å². The summed E-state index contributed by atoms with van der Waals surface area (Å²) in [5.41, 5.74) is 6.56. The molecule has 1 atom stereocenters. The predicted octanol–water partition coefficient (Wildman–Crippen LogP) is 1.78. The zero-order valence-corrected chi connectivity index (χ0v) is 12.2. The zero-order valence-electron chi connectivity index (χ0n) is 9.79. The summed E-state index contributed by atoms with van der Waals surface area (Å²) >= 11 is 3.33. The van der Waals surface area contributed by atoms with Crippen molar-refractivity contribution < 1.29 is 8.42 Å². The van der Waals surface area contributed by atoms with Crippen LogP contribution in [0.5, 0.6) is 0 Å². The van der Waals surface area contributed by atoms with Crippen molar-refractivity contribution in [2.24, 2.45) is 5.73 Å². The largest absolute Gasteiger partial charge is 0.326 e. The van der Waals surface area contributed by atoms with Crippen LogP contribution in [0, 0.1) is 0 Å². The maximum absolute atomic E-state index is 12.0. The van der Waals surface area contributed by atoms with Gasteiger partial charge in [0.05, 0.1) is 0 Å². The molecule has 0 spiro atoms. The van der Waals surface area contributed by atoms with Gasteiger partial charge in [0, 0.05) is 29.0 Å². The van der Waals surface area contributed by atoms with Crippen LogP contribution >= 0.6 is 15.9 Å². The summed E-state index contributed by atoms with van der Waals surface area (Å²) in [7, 11) is -3.34. The first-order chi connectivity index (χ1) is 8.47. The lowest BCUT2D eigenvalue weighted by molar-refractivity contribution is 0.481. The summed E-state index contributed by atoms with van der Waals surface area (Å²) in [6.45, 7) is 0.918. The Balaban J connectivity index is 2.10. The van der Waals surface area contributed by atoms with Gasteiger partial charge in [0.25, 0.3) is 0 Å². The lowest BCUT2D eigenvalue weighted by Crippen LogP contribution is -2.30. The predicted molar refractivity (Wildman–Crippen MR) is 76.3 cm³/mol. The molecule has 1 heterocycles. The van der Waals surface area contributed by atoms with Crippen LogP contribution < -0.4 is 5.73 Å². The van der Waals surface area contributed by atoms with Gasteiger partial charge in [-0.3, -0.25) is 0 Å². The molecule has 98 valence electrons. The van der Waals surface area contributed by atoms with Gasteiger partial charge in [-0.05, 0) is 30.2 Å². The highest BCUT2D eigenvalue weighted by Gasteiger charge is 2.27. The highest BCUT2D eigenvalue weighted by atomic mass is 79.9. The zero-order chi connectivity index (χ0) is 13.2. The third-order valence-corrected chi connectivity index (χ3v) is 4.91. The molecule has 2 rings (SSSR count). The van der Waals surface area contributed by atoms with Gasteiger partial charge in [0.2, 0.25) is 10.0 Å². The highest BCUT2D eigenvalue weighted by molar-refractivity contribution is 9.10. The molecular weight excluding hydrogens is 316 g/mol. The molecule has 1 unspecified atom stereocenters. The number of halogens is 1. The molecule has 1 saturated heterocycles. The average Bonchev–Trinajstić information content (AvgIpc) is 2.76. The molecule has 0 bridgehead atoms. The van der Waals surface area contributed by atoms with Crippen molar-refractivity contribution in [1.29, 1.82) is 0 Å². The van der Waals surface area contributed by atoms with Crippen LogP contribution in [0.1, 0.15) is 12.0 Å².